The molecule has 1 saturated carbocycles. The number of nitrogens with one attached hydrogen (secondary N) is 1. The van der Waals surface area contributed by atoms with E-state index in [2.05, 4.69) is 21.2 Å². The third kappa shape index (κ3) is 5.99. The lowest BCUT2D eigenvalue weighted by molar-refractivity contribution is -0.140. The van der Waals surface area contributed by atoms with Crippen LogP contribution in [-0.4, -0.2) is 28.8 Å². The molecule has 0 aromatic heterocycles. The van der Waals surface area contributed by atoms with E-state index in [1.54, 1.807) is 30.0 Å². The number of hydrogen-bond donors (Lipinski definition) is 1. The second kappa shape index (κ2) is 10.7. The number of amides is 2. The van der Waals surface area contributed by atoms with Crippen LogP contribution in [0.4, 0.5) is 0 Å². The molecule has 7 heteroatoms. The highest BCUT2D eigenvalue weighted by Crippen LogP contribution is 2.26. The van der Waals surface area contributed by atoms with E-state index in [4.69, 9.17) is 23.2 Å². The molecule has 1 atom stereocenters. The topological polar surface area (TPSA) is 49.4 Å². The summed E-state index contributed by atoms with van der Waals surface area (Å²) in [7, 11) is 0. The highest BCUT2D eigenvalue weighted by atomic mass is 79.9. The third-order valence-corrected chi connectivity index (χ3v) is 6.76. The summed E-state index contributed by atoms with van der Waals surface area (Å²) in [5.74, 6) is -0.320. The maximum atomic E-state index is 13.3. The molecule has 1 fully saturated rings. The smallest absolute Gasteiger partial charge is 0.242 e. The van der Waals surface area contributed by atoms with Gasteiger partial charge in [-0.2, -0.15) is 0 Å². The average Bonchev–Trinajstić information content (AvgIpc) is 3.22. The molecule has 1 aliphatic rings. The normalized spacial score (nSPS) is 15.1. The van der Waals surface area contributed by atoms with Gasteiger partial charge in [-0.1, -0.05) is 70.2 Å². The first-order valence-electron chi connectivity index (χ1n) is 10.1. The van der Waals surface area contributed by atoms with Gasteiger partial charge in [0.25, 0.3) is 0 Å². The van der Waals surface area contributed by atoms with Crippen molar-refractivity contribution in [3.05, 3.63) is 68.1 Å². The van der Waals surface area contributed by atoms with E-state index in [1.807, 2.05) is 24.3 Å². The number of nitrogens with zero attached hydrogens (tertiary/aromatic N) is 1. The van der Waals surface area contributed by atoms with Gasteiger partial charge < -0.3 is 10.2 Å². The molecule has 2 aromatic carbocycles. The maximum Gasteiger partial charge on any atom is 0.242 e. The standard InChI is InChI=1S/C23H25BrCl2N2O2/c1-15(23(30)27-18-5-2-3-6-18)28(14-16-9-11-17(24)12-10-16)22(29)13-19-20(25)7-4-8-21(19)26/h4,7-12,15,18H,2-3,5-6,13-14H2,1H3,(H,27,30). The minimum atomic E-state index is -0.608. The van der Waals surface area contributed by atoms with Gasteiger partial charge in [0.05, 0.1) is 6.42 Å². The van der Waals surface area contributed by atoms with Crippen LogP contribution >= 0.6 is 39.1 Å². The summed E-state index contributed by atoms with van der Waals surface area (Å²) in [5, 5.41) is 4.00. The van der Waals surface area contributed by atoms with Crippen molar-refractivity contribution >= 4 is 50.9 Å². The van der Waals surface area contributed by atoms with E-state index in [0.29, 0.717) is 22.2 Å². The molecule has 0 saturated heterocycles. The summed E-state index contributed by atoms with van der Waals surface area (Å²) < 4.78 is 0.957. The van der Waals surface area contributed by atoms with E-state index < -0.39 is 6.04 Å². The Morgan fingerprint density at radius 3 is 2.30 bits per heavy atom. The van der Waals surface area contributed by atoms with Crippen molar-refractivity contribution in [2.24, 2.45) is 0 Å². The Kier molecular flexibility index (Phi) is 8.20. The molecule has 1 aliphatic carbocycles. The molecular formula is C23H25BrCl2N2O2. The molecule has 4 nitrogen and oxygen atoms in total. The van der Waals surface area contributed by atoms with Gasteiger partial charge in [-0.05, 0) is 55.2 Å². The predicted molar refractivity (Wildman–Crippen MR) is 125 cm³/mol. The van der Waals surface area contributed by atoms with E-state index >= 15 is 0 Å². The highest BCUT2D eigenvalue weighted by Gasteiger charge is 2.29. The Morgan fingerprint density at radius 1 is 1.10 bits per heavy atom. The third-order valence-electron chi connectivity index (χ3n) is 5.52. The number of benzene rings is 2. The van der Waals surface area contributed by atoms with Crippen LogP contribution in [0, 0.1) is 0 Å². The Morgan fingerprint density at radius 2 is 1.70 bits per heavy atom. The molecule has 1 N–H and O–H groups in total. The van der Waals surface area contributed by atoms with Gasteiger partial charge in [0.2, 0.25) is 11.8 Å². The molecule has 2 aromatic rings. The summed E-state index contributed by atoms with van der Waals surface area (Å²) in [6, 6.07) is 12.5. The van der Waals surface area contributed by atoms with Gasteiger partial charge in [-0.15, -0.1) is 0 Å². The van der Waals surface area contributed by atoms with Crippen molar-refractivity contribution in [3.8, 4) is 0 Å². The Hall–Kier alpha value is -1.56. The van der Waals surface area contributed by atoms with E-state index in [9.17, 15) is 9.59 Å². The number of halogens is 3. The Labute approximate surface area is 196 Å². The zero-order chi connectivity index (χ0) is 21.7. The minimum absolute atomic E-state index is 0.0378. The van der Waals surface area contributed by atoms with Crippen LogP contribution in [0.5, 0.6) is 0 Å². The number of rotatable bonds is 7. The van der Waals surface area contributed by atoms with Crippen molar-refractivity contribution < 1.29 is 9.59 Å². The van der Waals surface area contributed by atoms with Crippen LogP contribution in [0.15, 0.2) is 46.9 Å². The van der Waals surface area contributed by atoms with Crippen LogP contribution < -0.4 is 5.32 Å². The van der Waals surface area contributed by atoms with Crippen LogP contribution in [0.25, 0.3) is 0 Å². The lowest BCUT2D eigenvalue weighted by Crippen LogP contribution is -2.50. The number of carbonyl (C=O) groups excluding carboxylic acids is 2. The first-order valence-corrected chi connectivity index (χ1v) is 11.7. The molecule has 0 radical (unpaired) electrons. The fourth-order valence-corrected chi connectivity index (χ4v) is 4.51. The molecule has 3 rings (SSSR count). The zero-order valence-corrected chi connectivity index (χ0v) is 19.9. The van der Waals surface area contributed by atoms with E-state index in [0.717, 1.165) is 35.7 Å². The van der Waals surface area contributed by atoms with Crippen molar-refractivity contribution in [1.82, 2.24) is 10.2 Å². The van der Waals surface area contributed by atoms with Gasteiger partial charge in [-0.3, -0.25) is 9.59 Å². The van der Waals surface area contributed by atoms with E-state index in [-0.39, 0.29) is 24.3 Å². The van der Waals surface area contributed by atoms with Crippen molar-refractivity contribution in [2.75, 3.05) is 0 Å². The predicted octanol–water partition coefficient (Wildman–Crippen LogP) is 5.77. The number of carbonyl (C=O) groups is 2. The maximum absolute atomic E-state index is 13.3. The van der Waals surface area contributed by atoms with Crippen LogP contribution in [0.3, 0.4) is 0 Å². The van der Waals surface area contributed by atoms with Crippen LogP contribution in [0.1, 0.15) is 43.7 Å². The van der Waals surface area contributed by atoms with Gasteiger partial charge in [0.15, 0.2) is 0 Å². The van der Waals surface area contributed by atoms with Gasteiger partial charge >= 0.3 is 0 Å². The van der Waals surface area contributed by atoms with Crippen molar-refractivity contribution in [1.29, 1.82) is 0 Å². The SMILES string of the molecule is CC(C(=O)NC1CCCC1)N(Cc1ccc(Br)cc1)C(=O)Cc1c(Cl)cccc1Cl. The molecule has 0 spiro atoms. The Bertz CT molecular complexity index is 878. The molecule has 0 bridgehead atoms. The lowest BCUT2D eigenvalue weighted by Gasteiger charge is -2.30. The zero-order valence-electron chi connectivity index (χ0n) is 16.8. The van der Waals surface area contributed by atoms with E-state index in [1.165, 1.54) is 0 Å². The summed E-state index contributed by atoms with van der Waals surface area (Å²) in [4.78, 5) is 27.8. The van der Waals surface area contributed by atoms with Crippen molar-refractivity contribution in [2.45, 2.75) is 57.7 Å². The molecule has 160 valence electrons. The lowest BCUT2D eigenvalue weighted by atomic mass is 10.1. The second-order valence-corrected chi connectivity index (χ2v) is 9.42. The van der Waals surface area contributed by atoms with Crippen LogP contribution in [-0.2, 0) is 22.6 Å². The number of hydrogen-bond acceptors (Lipinski definition) is 2. The fraction of sp³-hybridized carbons (Fsp3) is 0.391. The highest BCUT2D eigenvalue weighted by molar-refractivity contribution is 9.10. The fourth-order valence-electron chi connectivity index (χ4n) is 3.72. The first-order chi connectivity index (χ1) is 14.3. The van der Waals surface area contributed by atoms with Gasteiger partial charge in [0, 0.05) is 27.1 Å². The van der Waals surface area contributed by atoms with Gasteiger partial charge in [-0.25, -0.2) is 0 Å². The molecular weight excluding hydrogens is 487 g/mol. The molecule has 0 heterocycles. The minimum Gasteiger partial charge on any atom is -0.352 e. The largest absolute Gasteiger partial charge is 0.352 e. The molecule has 30 heavy (non-hydrogen) atoms. The van der Waals surface area contributed by atoms with Crippen molar-refractivity contribution in [3.63, 3.8) is 0 Å². The summed E-state index contributed by atoms with van der Waals surface area (Å²) >= 11 is 16.0. The monoisotopic (exact) mass is 510 g/mol. The average molecular weight is 512 g/mol. The molecule has 2 amide bonds. The van der Waals surface area contributed by atoms with Crippen LogP contribution in [0.2, 0.25) is 10.0 Å². The summed E-state index contributed by atoms with van der Waals surface area (Å²) in [6.45, 7) is 2.10. The molecule has 1 unspecified atom stereocenters. The van der Waals surface area contributed by atoms with Gasteiger partial charge in [0.1, 0.15) is 6.04 Å². The Balaban J connectivity index is 1.80. The summed E-state index contributed by atoms with van der Waals surface area (Å²) in [6.07, 6.45) is 4.29. The summed E-state index contributed by atoms with van der Waals surface area (Å²) in [5.41, 5.74) is 1.52. The molecule has 0 aliphatic heterocycles. The first kappa shape index (κ1) is 23.1. The quantitative estimate of drug-likeness (QED) is 0.512. The second-order valence-electron chi connectivity index (χ2n) is 7.69.